The van der Waals surface area contributed by atoms with E-state index in [1.165, 1.54) is 11.6 Å². The first-order valence-corrected chi connectivity index (χ1v) is 8.73. The lowest BCUT2D eigenvalue weighted by Gasteiger charge is -2.29. The maximum absolute atomic E-state index is 13.6. The Kier molecular flexibility index (Phi) is 3.84. The third-order valence-electron chi connectivity index (χ3n) is 4.82. The van der Waals surface area contributed by atoms with Crippen LogP contribution in [0.5, 0.6) is 0 Å². The molecular formula is C20H23FN4. The molecular weight excluding hydrogens is 315 g/mol. The summed E-state index contributed by atoms with van der Waals surface area (Å²) in [4.78, 5) is 15.0. The van der Waals surface area contributed by atoms with Crippen LogP contribution in [0, 0.1) is 5.82 Å². The summed E-state index contributed by atoms with van der Waals surface area (Å²) in [6.07, 6.45) is 4.93. The van der Waals surface area contributed by atoms with Gasteiger partial charge in [-0.1, -0.05) is 20.8 Å². The topological polar surface area (TPSA) is 44.8 Å². The summed E-state index contributed by atoms with van der Waals surface area (Å²) in [5.74, 6) is 0.696. The monoisotopic (exact) mass is 338 g/mol. The SMILES string of the molecule is CC(C)(C)c1ncc2c(n1)CN(Cc1c[nH]c3ccc(F)cc13)CC2. The average Bonchev–Trinajstić information content (AvgIpc) is 2.95. The summed E-state index contributed by atoms with van der Waals surface area (Å²) in [5, 5.41) is 0.962. The van der Waals surface area contributed by atoms with Crippen LogP contribution in [-0.4, -0.2) is 26.4 Å². The lowest BCUT2D eigenvalue weighted by atomic mass is 9.95. The fourth-order valence-electron chi connectivity index (χ4n) is 3.38. The van der Waals surface area contributed by atoms with Gasteiger partial charge in [0.05, 0.1) is 5.69 Å². The van der Waals surface area contributed by atoms with Gasteiger partial charge in [-0.05, 0) is 35.7 Å². The molecule has 130 valence electrons. The van der Waals surface area contributed by atoms with Crippen molar-refractivity contribution in [3.63, 3.8) is 0 Å². The Labute approximate surface area is 147 Å². The largest absolute Gasteiger partial charge is 0.361 e. The van der Waals surface area contributed by atoms with Gasteiger partial charge in [0.25, 0.3) is 0 Å². The number of nitrogens with one attached hydrogen (secondary N) is 1. The minimum absolute atomic E-state index is 0.0499. The second-order valence-electron chi connectivity index (χ2n) is 7.88. The summed E-state index contributed by atoms with van der Waals surface area (Å²) >= 11 is 0. The fraction of sp³-hybridized carbons (Fsp3) is 0.400. The van der Waals surface area contributed by atoms with Crippen LogP contribution in [0.25, 0.3) is 10.9 Å². The van der Waals surface area contributed by atoms with Crippen molar-refractivity contribution in [1.29, 1.82) is 0 Å². The van der Waals surface area contributed by atoms with Gasteiger partial charge in [-0.15, -0.1) is 0 Å². The number of aromatic nitrogens is 3. The number of fused-ring (bicyclic) bond motifs is 2. The molecule has 0 saturated heterocycles. The molecule has 0 atom stereocenters. The highest BCUT2D eigenvalue weighted by Gasteiger charge is 2.23. The Morgan fingerprint density at radius 3 is 2.92 bits per heavy atom. The highest BCUT2D eigenvalue weighted by atomic mass is 19.1. The molecule has 0 amide bonds. The van der Waals surface area contributed by atoms with Crippen molar-refractivity contribution in [2.45, 2.75) is 45.7 Å². The van der Waals surface area contributed by atoms with E-state index in [4.69, 9.17) is 4.98 Å². The minimum Gasteiger partial charge on any atom is -0.361 e. The number of hydrogen-bond donors (Lipinski definition) is 1. The molecule has 1 aliphatic heterocycles. The Hall–Kier alpha value is -2.27. The van der Waals surface area contributed by atoms with Gasteiger partial charge in [0, 0.05) is 48.3 Å². The van der Waals surface area contributed by atoms with E-state index in [-0.39, 0.29) is 11.2 Å². The van der Waals surface area contributed by atoms with Crippen LogP contribution < -0.4 is 0 Å². The zero-order chi connectivity index (χ0) is 17.6. The van der Waals surface area contributed by atoms with Gasteiger partial charge in [-0.3, -0.25) is 4.90 Å². The highest BCUT2D eigenvalue weighted by Crippen LogP contribution is 2.25. The van der Waals surface area contributed by atoms with Crippen molar-refractivity contribution in [1.82, 2.24) is 19.9 Å². The van der Waals surface area contributed by atoms with E-state index >= 15 is 0 Å². The fourth-order valence-corrected chi connectivity index (χ4v) is 3.38. The Morgan fingerprint density at radius 1 is 1.28 bits per heavy atom. The first kappa shape index (κ1) is 16.2. The maximum atomic E-state index is 13.6. The van der Waals surface area contributed by atoms with Crippen LogP contribution in [0.2, 0.25) is 0 Å². The van der Waals surface area contributed by atoms with E-state index in [0.29, 0.717) is 0 Å². The summed E-state index contributed by atoms with van der Waals surface area (Å²) in [6, 6.07) is 4.89. The van der Waals surface area contributed by atoms with Crippen molar-refractivity contribution in [3.05, 3.63) is 59.1 Å². The second-order valence-corrected chi connectivity index (χ2v) is 7.88. The molecule has 2 aromatic heterocycles. The van der Waals surface area contributed by atoms with Crippen molar-refractivity contribution in [2.75, 3.05) is 6.54 Å². The van der Waals surface area contributed by atoms with Crippen LogP contribution in [0.3, 0.4) is 0 Å². The third-order valence-corrected chi connectivity index (χ3v) is 4.82. The Morgan fingerprint density at radius 2 is 2.12 bits per heavy atom. The Balaban J connectivity index is 1.58. The predicted molar refractivity (Wildman–Crippen MR) is 96.8 cm³/mol. The van der Waals surface area contributed by atoms with E-state index in [1.807, 2.05) is 12.4 Å². The van der Waals surface area contributed by atoms with Crippen LogP contribution >= 0.6 is 0 Å². The van der Waals surface area contributed by atoms with Crippen molar-refractivity contribution in [2.24, 2.45) is 0 Å². The lowest BCUT2D eigenvalue weighted by Crippen LogP contribution is -2.32. The van der Waals surface area contributed by atoms with Gasteiger partial charge < -0.3 is 4.98 Å². The van der Waals surface area contributed by atoms with E-state index in [9.17, 15) is 4.39 Å². The molecule has 3 aromatic rings. The molecule has 0 bridgehead atoms. The van der Waals surface area contributed by atoms with Crippen LogP contribution in [0.15, 0.2) is 30.6 Å². The van der Waals surface area contributed by atoms with Gasteiger partial charge >= 0.3 is 0 Å². The van der Waals surface area contributed by atoms with Gasteiger partial charge in [0.2, 0.25) is 0 Å². The summed E-state index contributed by atoms with van der Waals surface area (Å²) in [7, 11) is 0. The number of nitrogens with zero attached hydrogens (tertiary/aromatic N) is 3. The van der Waals surface area contributed by atoms with Crippen LogP contribution in [0.1, 0.15) is 43.4 Å². The molecule has 5 heteroatoms. The smallest absolute Gasteiger partial charge is 0.133 e. The van der Waals surface area contributed by atoms with Crippen LogP contribution in [0.4, 0.5) is 4.39 Å². The number of hydrogen-bond acceptors (Lipinski definition) is 3. The first-order chi connectivity index (χ1) is 11.9. The predicted octanol–water partition coefficient (Wildman–Crippen LogP) is 3.95. The van der Waals surface area contributed by atoms with E-state index in [0.717, 1.165) is 54.0 Å². The molecule has 0 unspecified atom stereocenters. The minimum atomic E-state index is -0.195. The molecule has 0 aliphatic carbocycles. The molecule has 0 radical (unpaired) electrons. The third kappa shape index (κ3) is 3.16. The number of benzene rings is 1. The molecule has 25 heavy (non-hydrogen) atoms. The molecule has 4 rings (SSSR count). The van der Waals surface area contributed by atoms with Gasteiger partial charge in [-0.2, -0.15) is 0 Å². The molecule has 1 N–H and O–H groups in total. The van der Waals surface area contributed by atoms with Crippen molar-refractivity contribution in [3.8, 4) is 0 Å². The van der Waals surface area contributed by atoms with Gasteiger partial charge in [-0.25, -0.2) is 14.4 Å². The van der Waals surface area contributed by atoms with Crippen LogP contribution in [-0.2, 0) is 24.9 Å². The molecule has 1 aromatic carbocycles. The highest BCUT2D eigenvalue weighted by molar-refractivity contribution is 5.83. The van der Waals surface area contributed by atoms with Gasteiger partial charge in [0.1, 0.15) is 11.6 Å². The Bertz CT molecular complexity index is 923. The first-order valence-electron chi connectivity index (χ1n) is 8.73. The quantitative estimate of drug-likeness (QED) is 0.769. The average molecular weight is 338 g/mol. The van der Waals surface area contributed by atoms with E-state index in [2.05, 4.69) is 35.6 Å². The molecule has 0 spiro atoms. The zero-order valence-corrected chi connectivity index (χ0v) is 14.9. The number of rotatable bonds is 2. The molecule has 4 nitrogen and oxygen atoms in total. The van der Waals surface area contributed by atoms with E-state index in [1.54, 1.807) is 12.1 Å². The molecule has 3 heterocycles. The molecule has 0 saturated carbocycles. The summed E-state index contributed by atoms with van der Waals surface area (Å²) in [5.41, 5.74) is 4.42. The lowest BCUT2D eigenvalue weighted by molar-refractivity contribution is 0.241. The maximum Gasteiger partial charge on any atom is 0.133 e. The normalized spacial score (nSPS) is 15.5. The summed E-state index contributed by atoms with van der Waals surface area (Å²) in [6.45, 7) is 8.97. The second kappa shape index (κ2) is 5.92. The van der Waals surface area contributed by atoms with Crippen molar-refractivity contribution >= 4 is 10.9 Å². The molecule has 0 fully saturated rings. The molecule has 1 aliphatic rings. The number of H-pyrrole nitrogens is 1. The summed E-state index contributed by atoms with van der Waals surface area (Å²) < 4.78 is 13.6. The zero-order valence-electron chi connectivity index (χ0n) is 14.9. The number of aromatic amines is 1. The number of halogens is 1. The standard InChI is InChI=1S/C20H23FN4/c1-20(2,3)19-23-9-13-6-7-25(12-18(13)24-19)11-14-10-22-17-5-4-15(21)8-16(14)17/h4-5,8-10,22H,6-7,11-12H2,1-3H3. The van der Waals surface area contributed by atoms with Gasteiger partial charge in [0.15, 0.2) is 0 Å². The van der Waals surface area contributed by atoms with Crippen molar-refractivity contribution < 1.29 is 4.39 Å². The van der Waals surface area contributed by atoms with E-state index < -0.39 is 0 Å².